The van der Waals surface area contributed by atoms with E-state index in [0.717, 1.165) is 25.3 Å². The molecule has 0 heterocycles. The van der Waals surface area contributed by atoms with Gasteiger partial charge in [0.05, 0.1) is 7.11 Å². The molecule has 0 aliphatic heterocycles. The first kappa shape index (κ1) is 16.3. The molecule has 0 aliphatic rings. The summed E-state index contributed by atoms with van der Waals surface area (Å²) in [5.41, 5.74) is -5.36. The number of carbonyl (C=O) groups excluding carboxylic acids is 1. The van der Waals surface area contributed by atoms with Crippen molar-refractivity contribution in [2.45, 2.75) is 18.9 Å². The van der Waals surface area contributed by atoms with Gasteiger partial charge in [0.2, 0.25) is 0 Å². The fourth-order valence-electron chi connectivity index (χ4n) is 1.28. The summed E-state index contributed by atoms with van der Waals surface area (Å²) in [5, 5.41) is 0. The zero-order valence-corrected chi connectivity index (χ0v) is 11.3. The average molecular weight is 312 g/mol. The van der Waals surface area contributed by atoms with Crippen molar-refractivity contribution in [2.24, 2.45) is 0 Å². The van der Waals surface area contributed by atoms with Crippen LogP contribution in [0.1, 0.15) is 23.7 Å². The van der Waals surface area contributed by atoms with Crippen LogP contribution in [0.25, 0.3) is 0 Å². The van der Waals surface area contributed by atoms with Gasteiger partial charge in [-0.05, 0) is 18.2 Å². The van der Waals surface area contributed by atoms with Crippen molar-refractivity contribution >= 4 is 15.9 Å². The molecule has 1 aromatic rings. The Labute approximate surface area is 113 Å². The van der Waals surface area contributed by atoms with E-state index in [4.69, 9.17) is 4.74 Å². The lowest BCUT2D eigenvalue weighted by Gasteiger charge is -2.12. The molecule has 0 amide bonds. The summed E-state index contributed by atoms with van der Waals surface area (Å²) in [5.74, 6) is -1.19. The summed E-state index contributed by atoms with van der Waals surface area (Å²) in [7, 11) is -4.67. The molecule has 1 aromatic carbocycles. The van der Waals surface area contributed by atoms with Crippen molar-refractivity contribution in [1.29, 1.82) is 0 Å². The lowest BCUT2D eigenvalue weighted by atomic mass is 10.1. The smallest absolute Gasteiger partial charge is 0.493 e. The highest BCUT2D eigenvalue weighted by molar-refractivity contribution is 7.88. The minimum absolute atomic E-state index is 0.182. The van der Waals surface area contributed by atoms with Crippen molar-refractivity contribution < 1.29 is 35.3 Å². The fraction of sp³-hybridized carbons (Fsp3) is 0.364. The van der Waals surface area contributed by atoms with Crippen LogP contribution in [0, 0.1) is 0 Å². The van der Waals surface area contributed by atoms with Crippen LogP contribution in [-0.4, -0.2) is 26.8 Å². The van der Waals surface area contributed by atoms with E-state index in [1.165, 1.54) is 0 Å². The van der Waals surface area contributed by atoms with E-state index < -0.39 is 21.4 Å². The van der Waals surface area contributed by atoms with Crippen LogP contribution in [0.5, 0.6) is 11.5 Å². The van der Waals surface area contributed by atoms with E-state index in [9.17, 15) is 26.4 Å². The van der Waals surface area contributed by atoms with Gasteiger partial charge in [0.15, 0.2) is 17.3 Å². The second-order valence-corrected chi connectivity index (χ2v) is 5.16. The quantitative estimate of drug-likeness (QED) is 0.475. The zero-order chi connectivity index (χ0) is 15.6. The summed E-state index contributed by atoms with van der Waals surface area (Å²) in [6.07, 6.45) is 0.185. The van der Waals surface area contributed by atoms with Crippen LogP contribution in [0.2, 0.25) is 0 Å². The van der Waals surface area contributed by atoms with E-state index in [1.807, 2.05) is 0 Å². The molecule has 0 atom stereocenters. The first-order chi connectivity index (χ1) is 9.12. The Morgan fingerprint density at radius 1 is 1.25 bits per heavy atom. The Bertz CT molecular complexity index is 607. The summed E-state index contributed by atoms with van der Waals surface area (Å²) >= 11 is 0. The molecular weight excluding hydrogens is 301 g/mol. The van der Waals surface area contributed by atoms with Crippen LogP contribution in [-0.2, 0) is 10.1 Å². The van der Waals surface area contributed by atoms with Gasteiger partial charge < -0.3 is 8.92 Å². The van der Waals surface area contributed by atoms with E-state index >= 15 is 0 Å². The van der Waals surface area contributed by atoms with Gasteiger partial charge in [-0.1, -0.05) is 6.92 Å². The zero-order valence-electron chi connectivity index (χ0n) is 10.5. The van der Waals surface area contributed by atoms with Crippen molar-refractivity contribution in [3.8, 4) is 11.5 Å². The highest BCUT2D eigenvalue weighted by Gasteiger charge is 2.48. The van der Waals surface area contributed by atoms with Gasteiger partial charge in [-0.2, -0.15) is 21.6 Å². The highest BCUT2D eigenvalue weighted by Crippen LogP contribution is 2.33. The maximum Gasteiger partial charge on any atom is 0.534 e. The second-order valence-electron chi connectivity index (χ2n) is 3.63. The summed E-state index contributed by atoms with van der Waals surface area (Å²) in [4.78, 5) is 11.4. The van der Waals surface area contributed by atoms with Crippen LogP contribution in [0.15, 0.2) is 18.2 Å². The minimum Gasteiger partial charge on any atom is -0.493 e. The summed E-state index contributed by atoms with van der Waals surface area (Å²) in [6.45, 7) is 1.60. The van der Waals surface area contributed by atoms with Gasteiger partial charge in [0.1, 0.15) is 0 Å². The first-order valence-electron chi connectivity index (χ1n) is 5.34. The number of ether oxygens (including phenoxy) is 1. The number of hydrogen-bond acceptors (Lipinski definition) is 5. The van der Waals surface area contributed by atoms with Gasteiger partial charge >= 0.3 is 15.6 Å². The molecule has 9 heteroatoms. The third-order valence-electron chi connectivity index (χ3n) is 2.29. The number of alkyl halides is 3. The molecule has 1 rings (SSSR count). The molecule has 0 radical (unpaired) electrons. The standard InChI is InChI=1S/C11H11F3O5S/c1-3-8(15)7-4-5-9(10(6-7)18-2)19-20(16,17)11(12,13)14/h4-6H,3H2,1-2H3. The van der Waals surface area contributed by atoms with E-state index in [-0.39, 0.29) is 23.5 Å². The number of benzene rings is 1. The Morgan fingerprint density at radius 3 is 2.30 bits per heavy atom. The molecule has 112 valence electrons. The molecule has 0 N–H and O–H groups in total. The molecular formula is C11H11F3O5S. The molecule has 0 aromatic heterocycles. The molecule has 0 fully saturated rings. The van der Waals surface area contributed by atoms with Gasteiger partial charge in [0, 0.05) is 12.0 Å². The highest BCUT2D eigenvalue weighted by atomic mass is 32.2. The third kappa shape index (κ3) is 3.41. The van der Waals surface area contributed by atoms with Crippen molar-refractivity contribution in [3.05, 3.63) is 23.8 Å². The molecule has 0 bridgehead atoms. The molecule has 0 spiro atoms. The largest absolute Gasteiger partial charge is 0.534 e. The normalized spacial score (nSPS) is 12.1. The number of methoxy groups -OCH3 is 1. The van der Waals surface area contributed by atoms with E-state index in [1.54, 1.807) is 6.92 Å². The number of Topliss-reactive ketones (excluding diaryl/α,β-unsaturated/α-hetero) is 1. The minimum atomic E-state index is -5.79. The van der Waals surface area contributed by atoms with Crippen LogP contribution in [0.4, 0.5) is 13.2 Å². The first-order valence-corrected chi connectivity index (χ1v) is 6.75. The van der Waals surface area contributed by atoms with Crippen LogP contribution in [0.3, 0.4) is 0 Å². The predicted molar refractivity (Wildman–Crippen MR) is 63.2 cm³/mol. The second kappa shape index (κ2) is 5.70. The predicted octanol–water partition coefficient (Wildman–Crippen LogP) is 2.52. The molecule has 0 aliphatic carbocycles. The number of carbonyl (C=O) groups is 1. The van der Waals surface area contributed by atoms with Crippen LogP contribution < -0.4 is 8.92 Å². The van der Waals surface area contributed by atoms with Gasteiger partial charge in [-0.15, -0.1) is 0 Å². The maximum atomic E-state index is 12.2. The molecule has 5 nitrogen and oxygen atoms in total. The topological polar surface area (TPSA) is 69.7 Å². The number of halogens is 3. The summed E-state index contributed by atoms with van der Waals surface area (Å²) < 4.78 is 67.1. The van der Waals surface area contributed by atoms with Crippen LogP contribution >= 0.6 is 0 Å². The fourth-order valence-corrected chi connectivity index (χ4v) is 1.75. The van der Waals surface area contributed by atoms with Crippen molar-refractivity contribution in [2.75, 3.05) is 7.11 Å². The van der Waals surface area contributed by atoms with Crippen molar-refractivity contribution in [3.63, 3.8) is 0 Å². The SMILES string of the molecule is CCC(=O)c1ccc(OS(=O)(=O)C(F)(F)F)c(OC)c1. The number of rotatable bonds is 5. The lowest BCUT2D eigenvalue weighted by Crippen LogP contribution is -2.28. The van der Waals surface area contributed by atoms with Crippen molar-refractivity contribution in [1.82, 2.24) is 0 Å². The molecule has 0 saturated carbocycles. The molecule has 0 saturated heterocycles. The van der Waals surface area contributed by atoms with Gasteiger partial charge in [-0.25, -0.2) is 0 Å². The van der Waals surface area contributed by atoms with Gasteiger partial charge in [0.25, 0.3) is 0 Å². The monoisotopic (exact) mass is 312 g/mol. The molecule has 0 unspecified atom stereocenters. The lowest BCUT2D eigenvalue weighted by molar-refractivity contribution is -0.0500. The average Bonchev–Trinajstić information content (AvgIpc) is 2.36. The van der Waals surface area contributed by atoms with E-state index in [0.29, 0.717) is 0 Å². The Morgan fingerprint density at radius 2 is 1.85 bits per heavy atom. The van der Waals surface area contributed by atoms with E-state index in [2.05, 4.69) is 4.18 Å². The van der Waals surface area contributed by atoms with Gasteiger partial charge in [-0.3, -0.25) is 4.79 Å². The Balaban J connectivity index is 3.18. The Kier molecular flexibility index (Phi) is 4.64. The summed E-state index contributed by atoms with van der Waals surface area (Å²) in [6, 6.07) is 3.22. The molecule has 20 heavy (non-hydrogen) atoms. The Hall–Kier alpha value is -1.77. The number of hydrogen-bond donors (Lipinski definition) is 0. The maximum absolute atomic E-state index is 12.2. The number of ketones is 1. The third-order valence-corrected chi connectivity index (χ3v) is 3.26.